The van der Waals surface area contributed by atoms with Crippen LogP contribution in [0.15, 0.2) is 77.7 Å². The number of thiol groups is 1. The van der Waals surface area contributed by atoms with Gasteiger partial charge in [0, 0.05) is 54.6 Å². The van der Waals surface area contributed by atoms with Gasteiger partial charge in [-0.25, -0.2) is 21.5 Å². The van der Waals surface area contributed by atoms with E-state index < -0.39 is 22.5 Å². The van der Waals surface area contributed by atoms with E-state index in [4.69, 9.17) is 21.1 Å². The molecule has 4 aromatic rings. The zero-order valence-electron chi connectivity index (χ0n) is 22.5. The van der Waals surface area contributed by atoms with Gasteiger partial charge in [-0.05, 0) is 61.2 Å². The number of halogens is 3. The normalized spacial score (nSPS) is 11.3. The number of hydrogen-bond acceptors (Lipinski definition) is 5. The molecule has 0 aliphatic carbocycles. The van der Waals surface area contributed by atoms with Gasteiger partial charge in [0.25, 0.3) is 5.56 Å². The summed E-state index contributed by atoms with van der Waals surface area (Å²) in [7, 11) is -1.26. The first-order chi connectivity index (χ1) is 19.7. The number of aryl methyl sites for hydroxylation is 1. The van der Waals surface area contributed by atoms with Gasteiger partial charge in [0.1, 0.15) is 17.3 Å². The second kappa shape index (κ2) is 13.8. The lowest BCUT2D eigenvalue weighted by Gasteiger charge is -2.19. The molecule has 0 atom stereocenters. The van der Waals surface area contributed by atoms with Crippen LogP contribution in [-0.2, 0) is 30.8 Å². The Morgan fingerprint density at radius 3 is 2.34 bits per heavy atom. The van der Waals surface area contributed by atoms with Crippen molar-refractivity contribution < 1.29 is 26.7 Å². The van der Waals surface area contributed by atoms with Gasteiger partial charge in [-0.1, -0.05) is 35.9 Å². The smallest absolute Gasteiger partial charge is 0.254 e. The molecule has 7 nitrogen and oxygen atoms in total. The summed E-state index contributed by atoms with van der Waals surface area (Å²) in [6.07, 6.45) is 2.41. The molecule has 11 heteroatoms. The monoisotopic (exact) mass is 602 g/mol. The van der Waals surface area contributed by atoms with E-state index in [-0.39, 0.29) is 30.1 Å². The molecule has 216 valence electrons. The fourth-order valence-corrected chi connectivity index (χ4v) is 5.04. The molecule has 0 fully saturated rings. The number of benzene rings is 3. The Balaban J connectivity index is 1.67. The Morgan fingerprint density at radius 2 is 1.63 bits per heavy atom. The van der Waals surface area contributed by atoms with E-state index in [1.54, 1.807) is 44.4 Å². The highest BCUT2D eigenvalue weighted by Gasteiger charge is 2.18. The molecule has 0 N–H and O–H groups in total. The number of rotatable bonds is 12. The SMILES string of the molecule is CCOc1cc(=O)n(C)cc1-c1cc(CCN(CCc2ccccc2Cl)[SH](=O)=O)ccc1Oc1ccc(F)cc1F. The zero-order chi connectivity index (χ0) is 29.5. The average molecular weight is 603 g/mol. The number of hydrogen-bond donors (Lipinski definition) is 1. The van der Waals surface area contributed by atoms with Crippen molar-refractivity contribution in [2.45, 2.75) is 19.8 Å². The van der Waals surface area contributed by atoms with E-state index in [1.165, 1.54) is 21.0 Å². The highest BCUT2D eigenvalue weighted by molar-refractivity contribution is 7.69. The third-order valence-corrected chi connectivity index (χ3v) is 7.66. The molecule has 1 heterocycles. The van der Waals surface area contributed by atoms with Crippen LogP contribution in [0.4, 0.5) is 8.78 Å². The minimum absolute atomic E-state index is 0.183. The van der Waals surface area contributed by atoms with Crippen LogP contribution in [0.2, 0.25) is 5.02 Å². The van der Waals surface area contributed by atoms with Gasteiger partial charge in [-0.2, -0.15) is 0 Å². The molecule has 0 unspecified atom stereocenters. The van der Waals surface area contributed by atoms with Crippen LogP contribution < -0.4 is 15.0 Å². The van der Waals surface area contributed by atoms with E-state index in [1.807, 2.05) is 18.2 Å². The first-order valence-corrected chi connectivity index (χ1v) is 14.4. The van der Waals surface area contributed by atoms with Crippen LogP contribution in [0, 0.1) is 11.6 Å². The quantitative estimate of drug-likeness (QED) is 0.208. The third kappa shape index (κ3) is 7.72. The molecular formula is C30H29ClF2N2O5S. The van der Waals surface area contributed by atoms with Crippen LogP contribution in [0.3, 0.4) is 0 Å². The molecule has 3 aromatic carbocycles. The first-order valence-electron chi connectivity index (χ1n) is 12.9. The lowest BCUT2D eigenvalue weighted by molar-refractivity contribution is 0.340. The molecular weight excluding hydrogens is 574 g/mol. The molecule has 0 radical (unpaired) electrons. The zero-order valence-corrected chi connectivity index (χ0v) is 24.1. The van der Waals surface area contributed by atoms with E-state index in [9.17, 15) is 22.0 Å². The van der Waals surface area contributed by atoms with Crippen molar-refractivity contribution in [1.82, 2.24) is 8.87 Å². The largest absolute Gasteiger partial charge is 0.493 e. The highest BCUT2D eigenvalue weighted by Crippen LogP contribution is 2.39. The minimum Gasteiger partial charge on any atom is -0.493 e. The van der Waals surface area contributed by atoms with Gasteiger partial charge in [-0.3, -0.25) is 4.79 Å². The number of ether oxygens (including phenoxy) is 2. The summed E-state index contributed by atoms with van der Waals surface area (Å²) in [6, 6.07) is 16.8. The van der Waals surface area contributed by atoms with Gasteiger partial charge in [0.15, 0.2) is 11.6 Å². The van der Waals surface area contributed by atoms with Crippen LogP contribution >= 0.6 is 11.6 Å². The highest BCUT2D eigenvalue weighted by atomic mass is 35.5. The predicted molar refractivity (Wildman–Crippen MR) is 155 cm³/mol. The molecule has 0 saturated carbocycles. The van der Waals surface area contributed by atoms with Crippen LogP contribution in [0.5, 0.6) is 17.2 Å². The summed E-state index contributed by atoms with van der Waals surface area (Å²) in [4.78, 5) is 12.3. The summed E-state index contributed by atoms with van der Waals surface area (Å²) in [5.74, 6) is -1.25. The second-order valence-electron chi connectivity index (χ2n) is 9.22. The first kappa shape index (κ1) is 30.2. The molecule has 0 saturated heterocycles. The average Bonchev–Trinajstić information content (AvgIpc) is 2.93. The second-order valence-corrected chi connectivity index (χ2v) is 10.7. The van der Waals surface area contributed by atoms with Crippen LogP contribution in [0.1, 0.15) is 18.1 Å². The molecule has 0 bridgehead atoms. The van der Waals surface area contributed by atoms with Crippen molar-refractivity contribution in [2.24, 2.45) is 7.05 Å². The molecule has 0 aliphatic heterocycles. The van der Waals surface area contributed by atoms with Crippen molar-refractivity contribution in [3.8, 4) is 28.4 Å². The van der Waals surface area contributed by atoms with Gasteiger partial charge < -0.3 is 14.0 Å². The van der Waals surface area contributed by atoms with Crippen molar-refractivity contribution in [1.29, 1.82) is 0 Å². The summed E-state index contributed by atoms with van der Waals surface area (Å²) >= 11 is 6.23. The number of nitrogens with zero attached hydrogens (tertiary/aromatic N) is 2. The summed E-state index contributed by atoms with van der Waals surface area (Å²) in [5, 5.41) is 0.578. The Bertz CT molecular complexity index is 1670. The summed E-state index contributed by atoms with van der Waals surface area (Å²) in [5.41, 5.74) is 2.33. The van der Waals surface area contributed by atoms with Crippen molar-refractivity contribution in [3.63, 3.8) is 0 Å². The Hall–Kier alpha value is -3.73. The standard InChI is InChI=1S/C30H29ClF2N2O5S/c1-3-39-29-18-30(36)34(2)19-24(29)23-16-20(8-10-27(23)40-28-11-9-22(32)17-26(28)33)12-14-35(41(37)38)15-13-21-6-4-5-7-25(21)31/h4-11,16-19,41H,3,12-15H2,1-2H3. The Kier molecular flexibility index (Phi) is 10.1. The molecule has 0 spiro atoms. The van der Waals surface area contributed by atoms with Gasteiger partial charge in [0.2, 0.25) is 10.9 Å². The van der Waals surface area contributed by atoms with Gasteiger partial charge in [0.05, 0.1) is 6.61 Å². The van der Waals surface area contributed by atoms with E-state index in [0.29, 0.717) is 41.3 Å². The van der Waals surface area contributed by atoms with Gasteiger partial charge in [-0.15, -0.1) is 0 Å². The van der Waals surface area contributed by atoms with Gasteiger partial charge >= 0.3 is 0 Å². The number of pyridine rings is 1. The van der Waals surface area contributed by atoms with E-state index >= 15 is 0 Å². The van der Waals surface area contributed by atoms with Crippen molar-refractivity contribution in [2.75, 3.05) is 19.7 Å². The minimum atomic E-state index is -2.85. The molecule has 0 amide bonds. The van der Waals surface area contributed by atoms with Crippen LogP contribution in [0.25, 0.3) is 11.1 Å². The van der Waals surface area contributed by atoms with Crippen LogP contribution in [-0.4, -0.2) is 37.0 Å². The van der Waals surface area contributed by atoms with Crippen molar-refractivity contribution >= 4 is 22.5 Å². The fourth-order valence-electron chi connectivity index (χ4n) is 4.28. The van der Waals surface area contributed by atoms with E-state index in [0.717, 1.165) is 23.3 Å². The predicted octanol–water partition coefficient (Wildman–Crippen LogP) is 5.79. The fraction of sp³-hybridized carbons (Fsp3) is 0.233. The molecule has 0 aliphatic rings. The maximum absolute atomic E-state index is 14.5. The lowest BCUT2D eigenvalue weighted by Crippen LogP contribution is -2.27. The summed E-state index contributed by atoms with van der Waals surface area (Å²) < 4.78 is 66.3. The lowest BCUT2D eigenvalue weighted by atomic mass is 10.0. The maximum Gasteiger partial charge on any atom is 0.254 e. The van der Waals surface area contributed by atoms with Crippen molar-refractivity contribution in [3.05, 3.63) is 111 Å². The Labute approximate surface area is 243 Å². The molecule has 4 rings (SSSR count). The maximum atomic E-state index is 14.5. The summed E-state index contributed by atoms with van der Waals surface area (Å²) in [6.45, 7) is 2.54. The molecule has 41 heavy (non-hydrogen) atoms. The van der Waals surface area contributed by atoms with E-state index in [2.05, 4.69) is 0 Å². The molecule has 1 aromatic heterocycles. The topological polar surface area (TPSA) is 77.8 Å². The number of aromatic nitrogens is 1. The third-order valence-electron chi connectivity index (χ3n) is 6.42. The Morgan fingerprint density at radius 1 is 0.902 bits per heavy atom.